The first kappa shape index (κ1) is 13.9. The zero-order valence-corrected chi connectivity index (χ0v) is 12.7. The van der Waals surface area contributed by atoms with E-state index >= 15 is 0 Å². The normalized spacial score (nSPS) is 26.6. The van der Waals surface area contributed by atoms with Gasteiger partial charge in [-0.15, -0.1) is 0 Å². The summed E-state index contributed by atoms with van der Waals surface area (Å²) in [6, 6.07) is 0. The van der Waals surface area contributed by atoms with Crippen LogP contribution >= 0.6 is 11.6 Å². The number of esters is 1. The second-order valence-electron chi connectivity index (χ2n) is 5.82. The van der Waals surface area contributed by atoms with Gasteiger partial charge >= 0.3 is 5.97 Å². The summed E-state index contributed by atoms with van der Waals surface area (Å²) in [5, 5.41) is 0.558. The third-order valence-corrected chi connectivity index (χ3v) is 4.79. The standard InChI is InChI=1S/C14H20ClN3O2/c1-17-5-3-10(8-17)13-16-12(15)11-7-9(14(19)20-2)4-6-18(11)13/h9-10H,3-8H2,1-2H3. The predicted molar refractivity (Wildman–Crippen MR) is 75.9 cm³/mol. The van der Waals surface area contributed by atoms with Crippen LogP contribution in [0.1, 0.15) is 30.3 Å². The van der Waals surface area contributed by atoms with Crippen molar-refractivity contribution in [3.8, 4) is 0 Å². The topological polar surface area (TPSA) is 47.4 Å². The molecule has 0 bridgehead atoms. The molecule has 1 saturated heterocycles. The number of nitrogens with zero attached hydrogens (tertiary/aromatic N) is 3. The molecule has 20 heavy (non-hydrogen) atoms. The number of halogens is 1. The van der Waals surface area contributed by atoms with Crippen molar-refractivity contribution in [1.29, 1.82) is 0 Å². The number of likely N-dealkylation sites (tertiary alicyclic amines) is 1. The summed E-state index contributed by atoms with van der Waals surface area (Å²) < 4.78 is 7.07. The molecular formula is C14H20ClN3O2. The zero-order valence-electron chi connectivity index (χ0n) is 11.9. The molecule has 110 valence electrons. The molecule has 1 aromatic rings. The maximum absolute atomic E-state index is 11.7. The monoisotopic (exact) mass is 297 g/mol. The summed E-state index contributed by atoms with van der Waals surface area (Å²) in [7, 11) is 3.57. The smallest absolute Gasteiger partial charge is 0.309 e. The summed E-state index contributed by atoms with van der Waals surface area (Å²) in [4.78, 5) is 18.6. The number of ether oxygens (including phenoxy) is 1. The van der Waals surface area contributed by atoms with Gasteiger partial charge in [-0.1, -0.05) is 11.6 Å². The largest absolute Gasteiger partial charge is 0.469 e. The molecule has 0 saturated carbocycles. The van der Waals surface area contributed by atoms with E-state index in [0.717, 1.165) is 44.0 Å². The van der Waals surface area contributed by atoms with Gasteiger partial charge in [0.2, 0.25) is 0 Å². The number of hydrogen-bond donors (Lipinski definition) is 0. The van der Waals surface area contributed by atoms with E-state index in [2.05, 4.69) is 21.5 Å². The molecule has 0 radical (unpaired) electrons. The molecule has 0 N–H and O–H groups in total. The molecule has 2 aliphatic heterocycles. The summed E-state index contributed by atoms with van der Waals surface area (Å²) >= 11 is 6.29. The molecular weight excluding hydrogens is 278 g/mol. The van der Waals surface area contributed by atoms with Crippen molar-refractivity contribution in [2.24, 2.45) is 5.92 Å². The number of aromatic nitrogens is 2. The molecule has 0 aromatic carbocycles. The van der Waals surface area contributed by atoms with Gasteiger partial charge in [0.1, 0.15) is 5.82 Å². The first-order chi connectivity index (χ1) is 9.60. The highest BCUT2D eigenvalue weighted by Crippen LogP contribution is 2.34. The molecule has 0 aliphatic carbocycles. The average molecular weight is 298 g/mol. The number of rotatable bonds is 2. The van der Waals surface area contributed by atoms with Gasteiger partial charge in [-0.05, 0) is 26.4 Å². The minimum absolute atomic E-state index is 0.0826. The van der Waals surface area contributed by atoms with Gasteiger partial charge in [0, 0.05) is 25.4 Å². The van der Waals surface area contributed by atoms with Crippen LogP contribution in [0.2, 0.25) is 5.15 Å². The van der Waals surface area contributed by atoms with Crippen LogP contribution in [0.5, 0.6) is 0 Å². The third kappa shape index (κ3) is 2.33. The van der Waals surface area contributed by atoms with Crippen molar-refractivity contribution in [3.05, 3.63) is 16.7 Å². The fraction of sp³-hybridized carbons (Fsp3) is 0.714. The number of fused-ring (bicyclic) bond motifs is 1. The minimum Gasteiger partial charge on any atom is -0.469 e. The van der Waals surface area contributed by atoms with Crippen molar-refractivity contribution < 1.29 is 9.53 Å². The Kier molecular flexibility index (Phi) is 3.73. The van der Waals surface area contributed by atoms with E-state index in [1.54, 1.807) is 0 Å². The number of likely N-dealkylation sites (N-methyl/N-ethyl adjacent to an activating group) is 1. The van der Waals surface area contributed by atoms with Crippen LogP contribution in [0.3, 0.4) is 0 Å². The van der Waals surface area contributed by atoms with E-state index in [0.29, 0.717) is 17.5 Å². The summed E-state index contributed by atoms with van der Waals surface area (Å²) in [5.41, 5.74) is 0.998. The van der Waals surface area contributed by atoms with E-state index in [1.165, 1.54) is 7.11 Å². The lowest BCUT2D eigenvalue weighted by Gasteiger charge is -2.24. The summed E-state index contributed by atoms with van der Waals surface area (Å²) in [6.45, 7) is 2.95. The van der Waals surface area contributed by atoms with Crippen LogP contribution in [-0.2, 0) is 22.5 Å². The SMILES string of the molecule is COC(=O)C1CCn2c(C3CCN(C)C3)nc(Cl)c2C1. The van der Waals surface area contributed by atoms with Gasteiger partial charge in [-0.25, -0.2) is 4.98 Å². The average Bonchev–Trinajstić information content (AvgIpc) is 3.02. The van der Waals surface area contributed by atoms with Gasteiger partial charge in [-0.2, -0.15) is 0 Å². The van der Waals surface area contributed by atoms with Crippen LogP contribution in [0.25, 0.3) is 0 Å². The lowest BCUT2D eigenvalue weighted by molar-refractivity contribution is -0.146. The summed E-state index contributed by atoms with van der Waals surface area (Å²) in [5.74, 6) is 1.33. The molecule has 2 unspecified atom stereocenters. The van der Waals surface area contributed by atoms with Gasteiger partial charge in [-0.3, -0.25) is 4.79 Å². The Morgan fingerprint density at radius 1 is 1.40 bits per heavy atom. The number of imidazole rings is 1. The van der Waals surface area contributed by atoms with Crippen LogP contribution in [-0.4, -0.2) is 47.7 Å². The van der Waals surface area contributed by atoms with Crippen LogP contribution in [0.4, 0.5) is 0 Å². The molecule has 1 aromatic heterocycles. The number of methoxy groups -OCH3 is 1. The Labute approximate surface area is 123 Å². The van der Waals surface area contributed by atoms with Crippen LogP contribution in [0, 0.1) is 5.92 Å². The lowest BCUT2D eigenvalue weighted by Crippen LogP contribution is -2.28. The second-order valence-corrected chi connectivity index (χ2v) is 6.18. The van der Waals surface area contributed by atoms with E-state index < -0.39 is 0 Å². The Morgan fingerprint density at radius 2 is 2.20 bits per heavy atom. The molecule has 0 spiro atoms. The Bertz CT molecular complexity index is 529. The van der Waals surface area contributed by atoms with Gasteiger partial charge in [0.25, 0.3) is 0 Å². The third-order valence-electron chi connectivity index (χ3n) is 4.49. The Hall–Kier alpha value is -1.07. The fourth-order valence-electron chi connectivity index (χ4n) is 3.36. The van der Waals surface area contributed by atoms with Gasteiger partial charge in [0.05, 0.1) is 18.7 Å². The molecule has 3 heterocycles. The maximum atomic E-state index is 11.7. The van der Waals surface area contributed by atoms with Crippen molar-refractivity contribution in [2.45, 2.75) is 31.7 Å². The van der Waals surface area contributed by atoms with E-state index in [4.69, 9.17) is 16.3 Å². The highest BCUT2D eigenvalue weighted by Gasteiger charge is 2.33. The first-order valence-corrected chi connectivity index (χ1v) is 7.49. The first-order valence-electron chi connectivity index (χ1n) is 7.11. The van der Waals surface area contributed by atoms with Crippen LogP contribution in [0.15, 0.2) is 0 Å². The van der Waals surface area contributed by atoms with Crippen molar-refractivity contribution >= 4 is 17.6 Å². The van der Waals surface area contributed by atoms with Gasteiger partial charge in [0.15, 0.2) is 5.15 Å². The predicted octanol–water partition coefficient (Wildman–Crippen LogP) is 1.69. The highest BCUT2D eigenvalue weighted by molar-refractivity contribution is 6.30. The Balaban J connectivity index is 1.86. The maximum Gasteiger partial charge on any atom is 0.309 e. The fourth-order valence-corrected chi connectivity index (χ4v) is 3.63. The molecule has 6 heteroatoms. The molecule has 2 aliphatic rings. The molecule has 3 rings (SSSR count). The minimum atomic E-state index is -0.143. The van der Waals surface area contributed by atoms with Crippen molar-refractivity contribution in [2.75, 3.05) is 27.2 Å². The molecule has 5 nitrogen and oxygen atoms in total. The van der Waals surface area contributed by atoms with E-state index in [-0.39, 0.29) is 11.9 Å². The lowest BCUT2D eigenvalue weighted by atomic mass is 9.96. The number of hydrogen-bond acceptors (Lipinski definition) is 4. The molecule has 0 amide bonds. The molecule has 2 atom stereocenters. The van der Waals surface area contributed by atoms with Crippen LogP contribution < -0.4 is 0 Å². The highest BCUT2D eigenvalue weighted by atomic mass is 35.5. The van der Waals surface area contributed by atoms with E-state index in [1.807, 2.05) is 0 Å². The van der Waals surface area contributed by atoms with Crippen molar-refractivity contribution in [3.63, 3.8) is 0 Å². The summed E-state index contributed by atoms with van der Waals surface area (Å²) in [6.07, 6.45) is 2.58. The zero-order chi connectivity index (χ0) is 14.3. The second kappa shape index (κ2) is 5.37. The number of carbonyl (C=O) groups is 1. The molecule has 1 fully saturated rings. The Morgan fingerprint density at radius 3 is 2.85 bits per heavy atom. The number of carbonyl (C=O) groups excluding carboxylic acids is 1. The quantitative estimate of drug-likeness (QED) is 0.780. The van der Waals surface area contributed by atoms with Crippen molar-refractivity contribution in [1.82, 2.24) is 14.5 Å². The van der Waals surface area contributed by atoms with E-state index in [9.17, 15) is 4.79 Å². The van der Waals surface area contributed by atoms with Gasteiger partial charge < -0.3 is 14.2 Å².